The van der Waals surface area contributed by atoms with Crippen molar-refractivity contribution in [1.82, 2.24) is 40.0 Å². The van der Waals surface area contributed by atoms with E-state index in [2.05, 4.69) is 47.1 Å². The molecule has 4 aliphatic rings. The highest BCUT2D eigenvalue weighted by Gasteiger charge is 2.55. The number of H-pyrrole nitrogens is 2. The lowest BCUT2D eigenvalue weighted by Crippen LogP contribution is -2.52. The number of aromatic nitrogens is 4. The number of nitrogens with zero attached hydrogens (tertiary/aromatic N) is 5. The Kier molecular flexibility index (Phi) is 10.7. The zero-order chi connectivity index (χ0) is 44.7. The number of likely N-dealkylation sites (tertiary alicyclic amines) is 1. The number of hydrogen-bond donors (Lipinski definition) is 3. The molecule has 1 spiro atoms. The number of carbonyl (C=O) groups excluding carboxylic acids is 3. The van der Waals surface area contributed by atoms with Crippen LogP contribution in [0.5, 0.6) is 0 Å². The van der Waals surface area contributed by atoms with Crippen molar-refractivity contribution >= 4 is 37.0 Å². The van der Waals surface area contributed by atoms with Gasteiger partial charge in [0.1, 0.15) is 17.7 Å². The van der Waals surface area contributed by atoms with Gasteiger partial charge in [-0.2, -0.15) is 8.78 Å². The first-order chi connectivity index (χ1) is 30.0. The topological polar surface area (TPSA) is 140 Å². The fraction of sp³-hybridized carbons (Fsp3) is 0.479. The Bertz CT molecular complexity index is 2610. The van der Waals surface area contributed by atoms with Crippen LogP contribution >= 0.6 is 0 Å². The normalized spacial score (nSPS) is 21.3. The van der Waals surface area contributed by atoms with Crippen LogP contribution in [0.1, 0.15) is 88.7 Å². The van der Waals surface area contributed by atoms with E-state index in [1.807, 2.05) is 60.9 Å². The van der Waals surface area contributed by atoms with Crippen LogP contribution < -0.4 is 5.32 Å². The number of amides is 3. The van der Waals surface area contributed by atoms with Gasteiger partial charge in [-0.1, -0.05) is 71.1 Å². The number of ether oxygens (including phenoxy) is 1. The number of alkyl halides is 2. The Hall–Kier alpha value is -5.41. The van der Waals surface area contributed by atoms with E-state index in [4.69, 9.17) is 14.7 Å². The second-order valence-corrected chi connectivity index (χ2v) is 24.5. The summed E-state index contributed by atoms with van der Waals surface area (Å²) in [4.78, 5) is 62.6. The van der Waals surface area contributed by atoms with Crippen LogP contribution in [-0.2, 0) is 20.2 Å². The first-order valence-corrected chi connectivity index (χ1v) is 25.8. The van der Waals surface area contributed by atoms with Gasteiger partial charge in [0.25, 0.3) is 5.92 Å². The molecule has 3 aromatic carbocycles. The lowest BCUT2D eigenvalue weighted by atomic mass is 9.98. The Morgan fingerprint density at radius 1 is 0.889 bits per heavy atom. The molecule has 3 N–H and O–H groups in total. The summed E-state index contributed by atoms with van der Waals surface area (Å²) in [6.07, 6.45) is 4.73. The predicted molar refractivity (Wildman–Crippen MR) is 242 cm³/mol. The number of fused-ring (bicyclic) bond motifs is 4. The zero-order valence-electron chi connectivity index (χ0n) is 37.4. The maximum atomic E-state index is 16.6. The van der Waals surface area contributed by atoms with Crippen LogP contribution in [0, 0.1) is 11.3 Å². The number of halogens is 2. The largest absolute Gasteiger partial charge is 0.453 e. The van der Waals surface area contributed by atoms with Gasteiger partial charge in [-0.15, -0.1) is 0 Å². The summed E-state index contributed by atoms with van der Waals surface area (Å²) in [6, 6.07) is 15.5. The van der Waals surface area contributed by atoms with Crippen molar-refractivity contribution in [2.75, 3.05) is 32.9 Å². The summed E-state index contributed by atoms with van der Waals surface area (Å²) in [5.41, 5.74) is 5.15. The molecule has 1 saturated carbocycles. The molecule has 63 heavy (non-hydrogen) atoms. The molecule has 9 rings (SSSR count). The number of rotatable bonds is 11. The third-order valence-corrected chi connectivity index (χ3v) is 16.9. The van der Waals surface area contributed by atoms with Gasteiger partial charge in [0.15, 0.2) is 0 Å². The molecule has 2 saturated heterocycles. The molecule has 4 atom stereocenters. The number of hydrogen-bond acceptors (Lipinski definition) is 7. The lowest BCUT2D eigenvalue weighted by molar-refractivity contribution is -0.137. The van der Waals surface area contributed by atoms with Gasteiger partial charge in [-0.05, 0) is 103 Å². The van der Waals surface area contributed by atoms with Gasteiger partial charge >= 0.3 is 6.09 Å². The number of alkyl carbamates (subject to hydrolysis) is 1. The molecule has 2 aliphatic heterocycles. The molecular formula is C48H58F2N8O4Si. The lowest BCUT2D eigenvalue weighted by Gasteiger charge is -2.32. The highest BCUT2D eigenvalue weighted by molar-refractivity contribution is 6.78. The maximum absolute atomic E-state index is 16.6. The van der Waals surface area contributed by atoms with Gasteiger partial charge in [0.05, 0.1) is 56.2 Å². The Labute approximate surface area is 368 Å². The smallest absolute Gasteiger partial charge is 0.407 e. The van der Waals surface area contributed by atoms with Crippen LogP contribution in [0.4, 0.5) is 13.6 Å². The van der Waals surface area contributed by atoms with Crippen LogP contribution in [-0.4, -0.2) is 106 Å². The maximum Gasteiger partial charge on any atom is 0.407 e. The fourth-order valence-corrected chi connectivity index (χ4v) is 13.3. The summed E-state index contributed by atoms with van der Waals surface area (Å²) in [5, 5.41) is 2.72. The number of aromatic amines is 2. The molecule has 12 nitrogen and oxygen atoms in total. The molecule has 3 fully saturated rings. The van der Waals surface area contributed by atoms with Crippen molar-refractivity contribution in [3.63, 3.8) is 0 Å². The third-order valence-electron chi connectivity index (χ3n) is 14.2. The van der Waals surface area contributed by atoms with Crippen LogP contribution in [0.15, 0.2) is 60.8 Å². The number of imidazole rings is 2. The SMILES string of the molecule is CCN(CC)[C@H](C)C(=O)N1CC2(CC2)C[C@H]1c1ncc(-c2ccc3c(c2)C(F)(F)c2cc(-c4ccc5nc([C@@H]6C[Si](C)(C)CN6C(=O)[C@@H](NC(=O)OC)C(C)C)[nH]c5c4)ccc2-3)[nH]1. The van der Waals surface area contributed by atoms with Gasteiger partial charge in [-0.25, -0.2) is 14.8 Å². The Morgan fingerprint density at radius 3 is 2.19 bits per heavy atom. The molecule has 15 heteroatoms. The first kappa shape index (κ1) is 42.9. The minimum Gasteiger partial charge on any atom is -0.453 e. The summed E-state index contributed by atoms with van der Waals surface area (Å²) in [7, 11) is -0.559. The van der Waals surface area contributed by atoms with E-state index in [-0.39, 0.29) is 52.4 Å². The molecule has 2 aliphatic carbocycles. The van der Waals surface area contributed by atoms with Crippen molar-refractivity contribution in [2.45, 2.75) is 103 Å². The van der Waals surface area contributed by atoms with Crippen molar-refractivity contribution in [3.05, 3.63) is 83.6 Å². The molecule has 332 valence electrons. The number of carbonyl (C=O) groups is 3. The monoisotopic (exact) mass is 876 g/mol. The van der Waals surface area contributed by atoms with Crippen LogP contribution in [0.2, 0.25) is 19.1 Å². The van der Waals surface area contributed by atoms with E-state index in [1.54, 1.807) is 30.5 Å². The third kappa shape index (κ3) is 7.54. The van der Waals surface area contributed by atoms with E-state index in [9.17, 15) is 14.4 Å². The van der Waals surface area contributed by atoms with Crippen molar-refractivity contribution < 1.29 is 27.9 Å². The second kappa shape index (κ2) is 15.7. The van der Waals surface area contributed by atoms with Crippen molar-refractivity contribution in [1.29, 1.82) is 0 Å². The average molecular weight is 877 g/mol. The van der Waals surface area contributed by atoms with Gasteiger partial charge in [0, 0.05) is 29.4 Å². The molecule has 2 aromatic heterocycles. The summed E-state index contributed by atoms with van der Waals surface area (Å²) in [6.45, 7) is 16.7. The molecule has 0 bridgehead atoms. The van der Waals surface area contributed by atoms with Gasteiger partial charge in [-0.3, -0.25) is 14.5 Å². The summed E-state index contributed by atoms with van der Waals surface area (Å²) in [5.74, 6) is -2.11. The van der Waals surface area contributed by atoms with E-state index >= 15 is 8.78 Å². The first-order valence-electron chi connectivity index (χ1n) is 22.4. The number of methoxy groups -OCH3 is 1. The molecule has 3 amide bonds. The summed E-state index contributed by atoms with van der Waals surface area (Å²) >= 11 is 0. The minimum atomic E-state index is -3.25. The van der Waals surface area contributed by atoms with Crippen molar-refractivity contribution in [3.8, 4) is 33.5 Å². The van der Waals surface area contributed by atoms with E-state index in [0.29, 0.717) is 51.3 Å². The van der Waals surface area contributed by atoms with Crippen LogP contribution in [0.3, 0.4) is 0 Å². The predicted octanol–water partition coefficient (Wildman–Crippen LogP) is 9.04. The number of benzene rings is 3. The molecular weight excluding hydrogens is 819 g/mol. The van der Waals surface area contributed by atoms with Crippen LogP contribution in [0.25, 0.3) is 44.5 Å². The van der Waals surface area contributed by atoms with Gasteiger partial charge < -0.3 is 29.8 Å². The fourth-order valence-electron chi connectivity index (χ4n) is 10.5. The molecule has 0 unspecified atom stereocenters. The molecule has 5 aromatic rings. The van der Waals surface area contributed by atoms with E-state index in [1.165, 1.54) is 7.11 Å². The summed E-state index contributed by atoms with van der Waals surface area (Å²) < 4.78 is 38.1. The Morgan fingerprint density at radius 2 is 1.54 bits per heavy atom. The Balaban J connectivity index is 0.961. The van der Waals surface area contributed by atoms with E-state index < -0.39 is 26.1 Å². The van der Waals surface area contributed by atoms with Gasteiger partial charge in [0.2, 0.25) is 11.8 Å². The minimum absolute atomic E-state index is 0.0485. The highest BCUT2D eigenvalue weighted by Crippen LogP contribution is 2.58. The number of likely N-dealkylation sites (N-methyl/N-ethyl adjacent to an activating group) is 1. The highest BCUT2D eigenvalue weighted by atomic mass is 28.3. The molecule has 0 radical (unpaired) electrons. The second-order valence-electron chi connectivity index (χ2n) is 19.4. The molecule has 4 heterocycles. The average Bonchev–Trinajstić information content (AvgIpc) is 3.72. The van der Waals surface area contributed by atoms with Crippen molar-refractivity contribution in [2.24, 2.45) is 11.3 Å². The standard InChI is InChI=1S/C48H58F2N8O4Si/c1-9-56(10-2)28(5)44(59)57-25-47(17-18-47)22-39(57)42-51-23-38(54-42)31-12-15-33-32-14-11-29(19-34(32)48(49,50)35(33)20-31)30-13-16-36-37(21-30)53-43(52-36)40-24-63(7,8)26-58(40)45(60)41(27(3)4)55-46(61)62-6/h11-16,19-21,23,27-28,39-41H,9-10,17-18,22,24-26H2,1-8H3,(H,51,54)(H,52,53)(H,55,61)/t28-,39+,40+,41+/m1/s1. The number of nitrogens with one attached hydrogen (secondary N) is 3. The van der Waals surface area contributed by atoms with E-state index in [0.717, 1.165) is 56.0 Å². The quantitative estimate of drug-likeness (QED) is 0.113. The zero-order valence-corrected chi connectivity index (χ0v) is 38.4.